The fourth-order valence-corrected chi connectivity index (χ4v) is 2.96. The summed E-state index contributed by atoms with van der Waals surface area (Å²) in [5.74, 6) is -0.641. The number of likely N-dealkylation sites (N-methyl/N-ethyl adjacent to an activating group) is 1. The number of nitrogens with zero attached hydrogens (tertiary/aromatic N) is 2. The summed E-state index contributed by atoms with van der Waals surface area (Å²) >= 11 is 0. The second kappa shape index (κ2) is 6.53. The van der Waals surface area contributed by atoms with Crippen LogP contribution in [0.5, 0.6) is 0 Å². The van der Waals surface area contributed by atoms with Crippen LogP contribution in [-0.2, 0) is 4.79 Å². The minimum absolute atomic E-state index is 0.531. The zero-order valence-electron chi connectivity index (χ0n) is 12.3. The van der Waals surface area contributed by atoms with E-state index >= 15 is 0 Å². The lowest BCUT2D eigenvalue weighted by molar-refractivity contribution is -0.151. The molecule has 0 aliphatic carbocycles. The molecule has 1 atom stereocenters. The Balaban J connectivity index is 2.64. The Bertz CT molecular complexity index is 277. The van der Waals surface area contributed by atoms with Crippen molar-refractivity contribution in [2.75, 3.05) is 32.7 Å². The Kier molecular flexibility index (Phi) is 5.60. The van der Waals surface area contributed by atoms with Crippen LogP contribution in [-0.4, -0.2) is 59.6 Å². The number of hydrogen-bond donors (Lipinski definition) is 1. The van der Waals surface area contributed by atoms with Gasteiger partial charge in [0.05, 0.1) is 5.41 Å². The normalized spacial score (nSPS) is 23.2. The van der Waals surface area contributed by atoms with Gasteiger partial charge in [-0.2, -0.15) is 0 Å². The highest BCUT2D eigenvalue weighted by molar-refractivity contribution is 5.74. The van der Waals surface area contributed by atoms with E-state index in [-0.39, 0.29) is 0 Å². The van der Waals surface area contributed by atoms with Crippen molar-refractivity contribution in [3.8, 4) is 0 Å². The van der Waals surface area contributed by atoms with Crippen molar-refractivity contribution >= 4 is 5.97 Å². The monoisotopic (exact) mass is 256 g/mol. The maximum absolute atomic E-state index is 11.5. The number of carboxylic acid groups (broad SMARTS) is 1. The van der Waals surface area contributed by atoms with Crippen LogP contribution in [0.3, 0.4) is 0 Å². The van der Waals surface area contributed by atoms with Crippen LogP contribution in [0.15, 0.2) is 0 Å². The van der Waals surface area contributed by atoms with Crippen LogP contribution in [0.4, 0.5) is 0 Å². The van der Waals surface area contributed by atoms with Gasteiger partial charge < -0.3 is 5.11 Å². The summed E-state index contributed by atoms with van der Waals surface area (Å²) in [6, 6.07) is 0.531. The van der Waals surface area contributed by atoms with Crippen molar-refractivity contribution in [1.29, 1.82) is 0 Å². The van der Waals surface area contributed by atoms with E-state index in [1.165, 1.54) is 0 Å². The van der Waals surface area contributed by atoms with Gasteiger partial charge in [0, 0.05) is 32.2 Å². The molecule has 0 aromatic heterocycles. The summed E-state index contributed by atoms with van der Waals surface area (Å²) in [4.78, 5) is 16.3. The number of aliphatic carboxylic acids is 1. The van der Waals surface area contributed by atoms with Crippen molar-refractivity contribution in [2.45, 2.75) is 46.6 Å². The topological polar surface area (TPSA) is 43.8 Å². The van der Waals surface area contributed by atoms with Crippen molar-refractivity contribution in [3.63, 3.8) is 0 Å². The molecule has 1 unspecified atom stereocenters. The highest BCUT2D eigenvalue weighted by atomic mass is 16.4. The molecule has 4 nitrogen and oxygen atoms in total. The van der Waals surface area contributed by atoms with Crippen molar-refractivity contribution in [2.24, 2.45) is 5.41 Å². The largest absolute Gasteiger partial charge is 0.481 e. The summed E-state index contributed by atoms with van der Waals surface area (Å²) < 4.78 is 0. The molecule has 0 saturated carbocycles. The lowest BCUT2D eigenvalue weighted by atomic mass is 9.81. The molecule has 1 fully saturated rings. The van der Waals surface area contributed by atoms with E-state index in [2.05, 4.69) is 23.6 Å². The first-order chi connectivity index (χ1) is 8.49. The first-order valence-corrected chi connectivity index (χ1v) is 7.18. The molecule has 4 heteroatoms. The summed E-state index contributed by atoms with van der Waals surface area (Å²) in [7, 11) is 0. The van der Waals surface area contributed by atoms with Gasteiger partial charge in [-0.1, -0.05) is 20.8 Å². The molecule has 106 valence electrons. The lowest BCUT2D eigenvalue weighted by Crippen LogP contribution is -2.55. The Morgan fingerprint density at radius 3 is 2.28 bits per heavy atom. The maximum Gasteiger partial charge on any atom is 0.310 e. The second-order valence-electron chi connectivity index (χ2n) is 5.51. The Morgan fingerprint density at radius 2 is 1.89 bits per heavy atom. The molecular weight excluding hydrogens is 228 g/mol. The van der Waals surface area contributed by atoms with Gasteiger partial charge in [0.1, 0.15) is 0 Å². The fraction of sp³-hybridized carbons (Fsp3) is 0.929. The molecule has 1 saturated heterocycles. The molecule has 0 spiro atoms. The minimum Gasteiger partial charge on any atom is -0.481 e. The number of rotatable bonds is 6. The van der Waals surface area contributed by atoms with E-state index in [4.69, 9.17) is 0 Å². The molecule has 0 bridgehead atoms. The van der Waals surface area contributed by atoms with Gasteiger partial charge in [-0.25, -0.2) is 0 Å². The molecule has 1 aliphatic rings. The predicted octanol–water partition coefficient (Wildman–Crippen LogP) is 1.90. The van der Waals surface area contributed by atoms with E-state index in [0.29, 0.717) is 25.4 Å². The molecule has 0 amide bonds. The molecule has 0 aromatic rings. The van der Waals surface area contributed by atoms with Gasteiger partial charge in [-0.05, 0) is 26.3 Å². The number of carbonyl (C=O) groups is 1. The van der Waals surface area contributed by atoms with E-state index in [1.54, 1.807) is 0 Å². The van der Waals surface area contributed by atoms with E-state index < -0.39 is 11.4 Å². The zero-order chi connectivity index (χ0) is 13.8. The van der Waals surface area contributed by atoms with E-state index in [0.717, 1.165) is 26.2 Å². The highest BCUT2D eigenvalue weighted by Gasteiger charge is 2.38. The maximum atomic E-state index is 11.5. The molecule has 1 N–H and O–H groups in total. The quantitative estimate of drug-likeness (QED) is 0.788. The first-order valence-electron chi connectivity index (χ1n) is 7.18. The Morgan fingerprint density at radius 1 is 1.28 bits per heavy atom. The van der Waals surface area contributed by atoms with E-state index in [9.17, 15) is 9.90 Å². The summed E-state index contributed by atoms with van der Waals surface area (Å²) in [6.07, 6.45) is 1.42. The minimum atomic E-state index is -0.641. The smallest absolute Gasteiger partial charge is 0.310 e. The van der Waals surface area contributed by atoms with Crippen LogP contribution < -0.4 is 0 Å². The molecule has 0 radical (unpaired) electrons. The Labute approximate surface area is 111 Å². The third-order valence-corrected chi connectivity index (χ3v) is 4.59. The van der Waals surface area contributed by atoms with E-state index in [1.807, 2.05) is 13.8 Å². The second-order valence-corrected chi connectivity index (χ2v) is 5.51. The summed E-state index contributed by atoms with van der Waals surface area (Å²) in [5.41, 5.74) is -0.561. The molecular formula is C14H28N2O2. The average Bonchev–Trinajstić information content (AvgIpc) is 2.36. The zero-order valence-corrected chi connectivity index (χ0v) is 12.3. The summed E-state index contributed by atoms with van der Waals surface area (Å²) in [6.45, 7) is 13.2. The number of piperazine rings is 1. The SMILES string of the molecule is CCN1CCN(CC(CC)(CC)C(=O)O)CC1C. The third kappa shape index (κ3) is 3.23. The number of hydrogen-bond acceptors (Lipinski definition) is 3. The van der Waals surface area contributed by atoms with Crippen LogP contribution in [0.25, 0.3) is 0 Å². The van der Waals surface area contributed by atoms with Crippen LogP contribution in [0, 0.1) is 5.41 Å². The van der Waals surface area contributed by atoms with Gasteiger partial charge in [-0.15, -0.1) is 0 Å². The molecule has 1 aliphatic heterocycles. The van der Waals surface area contributed by atoms with Crippen LogP contribution in [0.1, 0.15) is 40.5 Å². The van der Waals surface area contributed by atoms with Crippen molar-refractivity contribution in [3.05, 3.63) is 0 Å². The molecule has 1 heterocycles. The van der Waals surface area contributed by atoms with Crippen molar-refractivity contribution in [1.82, 2.24) is 9.80 Å². The van der Waals surface area contributed by atoms with Gasteiger partial charge in [-0.3, -0.25) is 14.6 Å². The standard InChI is InChI=1S/C14H28N2O2/c1-5-14(6-2,13(17)18)11-15-8-9-16(7-3)12(4)10-15/h12H,5-11H2,1-4H3,(H,17,18). The predicted molar refractivity (Wildman–Crippen MR) is 73.8 cm³/mol. The number of carboxylic acids is 1. The van der Waals surface area contributed by atoms with Gasteiger partial charge >= 0.3 is 5.97 Å². The van der Waals surface area contributed by atoms with Crippen LogP contribution >= 0.6 is 0 Å². The highest BCUT2D eigenvalue weighted by Crippen LogP contribution is 2.29. The molecule has 1 rings (SSSR count). The van der Waals surface area contributed by atoms with Gasteiger partial charge in [0.2, 0.25) is 0 Å². The van der Waals surface area contributed by atoms with Gasteiger partial charge in [0.15, 0.2) is 0 Å². The van der Waals surface area contributed by atoms with Gasteiger partial charge in [0.25, 0.3) is 0 Å². The summed E-state index contributed by atoms with van der Waals surface area (Å²) in [5, 5.41) is 9.48. The first kappa shape index (κ1) is 15.4. The molecule has 18 heavy (non-hydrogen) atoms. The third-order valence-electron chi connectivity index (χ3n) is 4.59. The molecule has 0 aromatic carbocycles. The fourth-order valence-electron chi connectivity index (χ4n) is 2.96. The lowest BCUT2D eigenvalue weighted by Gasteiger charge is -2.42. The average molecular weight is 256 g/mol. The van der Waals surface area contributed by atoms with Crippen molar-refractivity contribution < 1.29 is 9.90 Å². The Hall–Kier alpha value is -0.610. The van der Waals surface area contributed by atoms with Crippen LogP contribution in [0.2, 0.25) is 0 Å².